The largest absolute Gasteiger partial charge is 0.298 e. The standard InChI is InChI=1S/C23H18BrN3OS/c1-14-11-18(16-3-5-19(24)6-4-16)12-15(2)21(14)20-13-29-23(26-20)27-22(28)17-7-9-25-10-8-17/h3-13H,1-2H3,(H,26,27,28). The first-order valence-corrected chi connectivity index (χ1v) is 10.7. The van der Waals surface area contributed by atoms with Crippen LogP contribution in [-0.2, 0) is 0 Å². The molecule has 6 heteroatoms. The summed E-state index contributed by atoms with van der Waals surface area (Å²) < 4.78 is 1.06. The van der Waals surface area contributed by atoms with Crippen molar-refractivity contribution >= 4 is 38.3 Å². The highest BCUT2D eigenvalue weighted by molar-refractivity contribution is 9.10. The lowest BCUT2D eigenvalue weighted by Crippen LogP contribution is -2.11. The van der Waals surface area contributed by atoms with Gasteiger partial charge in [0.15, 0.2) is 5.13 Å². The number of carbonyl (C=O) groups is 1. The van der Waals surface area contributed by atoms with Gasteiger partial charge in [-0.15, -0.1) is 11.3 Å². The van der Waals surface area contributed by atoms with Crippen molar-refractivity contribution in [2.45, 2.75) is 13.8 Å². The van der Waals surface area contributed by atoms with Gasteiger partial charge in [0, 0.05) is 33.4 Å². The summed E-state index contributed by atoms with van der Waals surface area (Å²) in [5.41, 5.74) is 7.19. The Balaban J connectivity index is 1.60. The monoisotopic (exact) mass is 463 g/mol. The fourth-order valence-corrected chi connectivity index (χ4v) is 4.26. The van der Waals surface area contributed by atoms with Crippen LogP contribution < -0.4 is 5.32 Å². The molecule has 0 aliphatic heterocycles. The highest BCUT2D eigenvalue weighted by atomic mass is 79.9. The molecule has 0 saturated heterocycles. The number of anilines is 1. The number of rotatable bonds is 4. The van der Waals surface area contributed by atoms with Crippen molar-refractivity contribution in [1.82, 2.24) is 9.97 Å². The number of carbonyl (C=O) groups excluding carboxylic acids is 1. The Morgan fingerprint density at radius 3 is 2.28 bits per heavy atom. The van der Waals surface area contributed by atoms with Crippen LogP contribution in [0.1, 0.15) is 21.5 Å². The van der Waals surface area contributed by atoms with E-state index in [-0.39, 0.29) is 5.91 Å². The molecular formula is C23H18BrN3OS. The highest BCUT2D eigenvalue weighted by Crippen LogP contribution is 2.34. The van der Waals surface area contributed by atoms with Gasteiger partial charge >= 0.3 is 0 Å². The Kier molecular flexibility index (Phi) is 5.56. The molecule has 2 aromatic heterocycles. The second-order valence-corrected chi connectivity index (χ2v) is 8.49. The van der Waals surface area contributed by atoms with E-state index in [0.29, 0.717) is 10.7 Å². The lowest BCUT2D eigenvalue weighted by Gasteiger charge is -2.11. The van der Waals surface area contributed by atoms with Gasteiger partial charge in [-0.3, -0.25) is 15.1 Å². The van der Waals surface area contributed by atoms with Crippen LogP contribution in [0.2, 0.25) is 0 Å². The summed E-state index contributed by atoms with van der Waals surface area (Å²) in [5.74, 6) is -0.188. The van der Waals surface area contributed by atoms with E-state index in [1.165, 1.54) is 22.5 Å². The lowest BCUT2D eigenvalue weighted by atomic mass is 9.94. The summed E-state index contributed by atoms with van der Waals surface area (Å²) in [4.78, 5) is 20.9. The van der Waals surface area contributed by atoms with Crippen LogP contribution in [0.15, 0.2) is 70.8 Å². The molecule has 29 heavy (non-hydrogen) atoms. The summed E-state index contributed by atoms with van der Waals surface area (Å²) in [5, 5.41) is 5.43. The maximum atomic E-state index is 12.3. The van der Waals surface area contributed by atoms with Gasteiger partial charge in [-0.1, -0.05) is 40.2 Å². The van der Waals surface area contributed by atoms with Crippen molar-refractivity contribution in [2.24, 2.45) is 0 Å². The third-order valence-corrected chi connectivity index (χ3v) is 5.92. The third-order valence-electron chi connectivity index (χ3n) is 4.63. The van der Waals surface area contributed by atoms with Gasteiger partial charge in [-0.25, -0.2) is 4.98 Å². The molecule has 4 nitrogen and oxygen atoms in total. The highest BCUT2D eigenvalue weighted by Gasteiger charge is 2.14. The number of pyridine rings is 1. The zero-order chi connectivity index (χ0) is 20.4. The smallest absolute Gasteiger partial charge is 0.257 e. The van der Waals surface area contributed by atoms with Gasteiger partial charge in [0.25, 0.3) is 5.91 Å². The number of aromatic nitrogens is 2. The first-order valence-electron chi connectivity index (χ1n) is 9.06. The number of amides is 1. The van der Waals surface area contributed by atoms with E-state index in [1.807, 2.05) is 17.5 Å². The van der Waals surface area contributed by atoms with Crippen molar-refractivity contribution < 1.29 is 4.79 Å². The van der Waals surface area contributed by atoms with Crippen LogP contribution in [0.4, 0.5) is 5.13 Å². The van der Waals surface area contributed by atoms with Gasteiger partial charge in [0.05, 0.1) is 5.69 Å². The Bertz CT molecular complexity index is 1150. The van der Waals surface area contributed by atoms with Crippen molar-refractivity contribution in [3.63, 3.8) is 0 Å². The number of aryl methyl sites for hydroxylation is 2. The molecule has 2 aromatic carbocycles. The first-order chi connectivity index (χ1) is 14.0. The molecule has 0 aliphatic rings. The van der Waals surface area contributed by atoms with Gasteiger partial charge in [0.1, 0.15) is 0 Å². The number of hydrogen-bond acceptors (Lipinski definition) is 4. The van der Waals surface area contributed by atoms with Crippen LogP contribution in [-0.4, -0.2) is 15.9 Å². The summed E-state index contributed by atoms with van der Waals surface area (Å²) in [6, 6.07) is 16.0. The number of benzene rings is 2. The maximum Gasteiger partial charge on any atom is 0.257 e. The van der Waals surface area contributed by atoms with Gasteiger partial charge in [-0.2, -0.15) is 0 Å². The second kappa shape index (κ2) is 8.27. The molecule has 0 saturated carbocycles. The summed E-state index contributed by atoms with van der Waals surface area (Å²) in [6.07, 6.45) is 3.20. The van der Waals surface area contributed by atoms with Gasteiger partial charge in [-0.05, 0) is 60.4 Å². The molecule has 1 N–H and O–H groups in total. The van der Waals surface area contributed by atoms with E-state index >= 15 is 0 Å². The fourth-order valence-electron chi connectivity index (χ4n) is 3.30. The topological polar surface area (TPSA) is 54.9 Å². The molecule has 1 amide bonds. The van der Waals surface area contributed by atoms with Gasteiger partial charge < -0.3 is 0 Å². The van der Waals surface area contributed by atoms with Gasteiger partial charge in [0.2, 0.25) is 0 Å². The lowest BCUT2D eigenvalue weighted by molar-refractivity contribution is 0.102. The summed E-state index contributed by atoms with van der Waals surface area (Å²) in [7, 11) is 0. The van der Waals surface area contributed by atoms with Crippen LogP contribution in [0.25, 0.3) is 22.4 Å². The average molecular weight is 464 g/mol. The molecule has 0 unspecified atom stereocenters. The molecular weight excluding hydrogens is 446 g/mol. The average Bonchev–Trinajstić information content (AvgIpc) is 3.16. The van der Waals surface area contributed by atoms with E-state index in [1.54, 1.807) is 24.5 Å². The van der Waals surface area contributed by atoms with E-state index in [4.69, 9.17) is 0 Å². The number of halogens is 1. The number of nitrogens with one attached hydrogen (secondary N) is 1. The van der Waals surface area contributed by atoms with Crippen molar-refractivity contribution in [1.29, 1.82) is 0 Å². The second-order valence-electron chi connectivity index (χ2n) is 6.72. The summed E-state index contributed by atoms with van der Waals surface area (Å²) in [6.45, 7) is 4.19. The predicted octanol–water partition coefficient (Wildman–Crippen LogP) is 6.50. The van der Waals surface area contributed by atoms with E-state index in [2.05, 4.69) is 69.3 Å². The minimum atomic E-state index is -0.188. The zero-order valence-corrected chi connectivity index (χ0v) is 18.3. The molecule has 0 spiro atoms. The van der Waals surface area contributed by atoms with E-state index < -0.39 is 0 Å². The van der Waals surface area contributed by atoms with Crippen LogP contribution in [0, 0.1) is 13.8 Å². The molecule has 0 atom stereocenters. The zero-order valence-electron chi connectivity index (χ0n) is 15.9. The number of hydrogen-bond donors (Lipinski definition) is 1. The maximum absolute atomic E-state index is 12.3. The Morgan fingerprint density at radius 1 is 0.966 bits per heavy atom. The quantitative estimate of drug-likeness (QED) is 0.375. The van der Waals surface area contributed by atoms with Crippen molar-refractivity contribution in [2.75, 3.05) is 5.32 Å². The fraction of sp³-hybridized carbons (Fsp3) is 0.0870. The molecule has 4 aromatic rings. The first kappa shape index (κ1) is 19.5. The Hall–Kier alpha value is -2.83. The minimum Gasteiger partial charge on any atom is -0.298 e. The van der Waals surface area contributed by atoms with Crippen molar-refractivity contribution in [3.05, 3.63) is 87.5 Å². The Morgan fingerprint density at radius 2 is 1.62 bits per heavy atom. The molecule has 2 heterocycles. The van der Waals surface area contributed by atoms with Crippen molar-refractivity contribution in [3.8, 4) is 22.4 Å². The molecule has 0 bridgehead atoms. The molecule has 0 radical (unpaired) electrons. The normalized spacial score (nSPS) is 10.7. The molecule has 0 fully saturated rings. The molecule has 0 aliphatic carbocycles. The predicted molar refractivity (Wildman–Crippen MR) is 122 cm³/mol. The summed E-state index contributed by atoms with van der Waals surface area (Å²) >= 11 is 4.91. The van der Waals surface area contributed by atoms with E-state index in [0.717, 1.165) is 26.9 Å². The third kappa shape index (κ3) is 4.28. The van der Waals surface area contributed by atoms with Crippen LogP contribution >= 0.6 is 27.3 Å². The Labute approximate surface area is 181 Å². The van der Waals surface area contributed by atoms with Crippen LogP contribution in [0.3, 0.4) is 0 Å². The van der Waals surface area contributed by atoms with E-state index in [9.17, 15) is 4.79 Å². The molecule has 4 rings (SSSR count). The SMILES string of the molecule is Cc1cc(-c2ccc(Br)cc2)cc(C)c1-c1csc(NC(=O)c2ccncc2)n1. The van der Waals surface area contributed by atoms with Crippen LogP contribution in [0.5, 0.6) is 0 Å². The number of nitrogens with zero attached hydrogens (tertiary/aromatic N) is 2. The number of thiazole rings is 1. The minimum absolute atomic E-state index is 0.188. The molecule has 144 valence electrons.